The van der Waals surface area contributed by atoms with Gasteiger partial charge in [-0.15, -0.1) is 13.2 Å². The lowest BCUT2D eigenvalue weighted by molar-refractivity contribution is -0.274. The second-order valence-corrected chi connectivity index (χ2v) is 5.64. The third-order valence-electron chi connectivity index (χ3n) is 3.15. The molecule has 20 heavy (non-hydrogen) atoms. The minimum atomic E-state index is -4.68. The Morgan fingerprint density at radius 3 is 2.80 bits per heavy atom. The smallest absolute Gasteiger partial charge is 0.405 e. The average Bonchev–Trinajstić information content (AvgIpc) is 2.39. The number of ether oxygens (including phenoxy) is 1. The van der Waals surface area contributed by atoms with Crippen molar-refractivity contribution in [3.05, 3.63) is 22.7 Å². The molecule has 112 valence electrons. The molecule has 2 rings (SSSR count). The first-order valence-electron chi connectivity index (χ1n) is 6.44. The number of hydrogen-bond acceptors (Lipinski definition) is 3. The van der Waals surface area contributed by atoms with Gasteiger partial charge < -0.3 is 15.4 Å². The van der Waals surface area contributed by atoms with E-state index in [2.05, 4.69) is 31.3 Å². The van der Waals surface area contributed by atoms with Crippen LogP contribution in [0.1, 0.15) is 12.8 Å². The molecular formula is C13H16BrF3N2O. The third kappa shape index (κ3) is 4.86. The fraction of sp³-hybridized carbons (Fsp3) is 0.538. The number of nitrogens with one attached hydrogen (secondary N) is 2. The monoisotopic (exact) mass is 352 g/mol. The Kier molecular flexibility index (Phi) is 5.15. The van der Waals surface area contributed by atoms with Gasteiger partial charge in [0.1, 0.15) is 5.75 Å². The van der Waals surface area contributed by atoms with E-state index in [1.54, 1.807) is 12.1 Å². The first-order chi connectivity index (χ1) is 9.44. The number of rotatable bonds is 4. The summed E-state index contributed by atoms with van der Waals surface area (Å²) in [6.07, 6.45) is -2.35. The molecule has 1 aliphatic heterocycles. The quantitative estimate of drug-likeness (QED) is 0.865. The Morgan fingerprint density at radius 1 is 1.40 bits per heavy atom. The summed E-state index contributed by atoms with van der Waals surface area (Å²) in [6, 6.07) is 4.48. The molecule has 3 nitrogen and oxygen atoms in total. The van der Waals surface area contributed by atoms with Gasteiger partial charge in [-0.25, -0.2) is 0 Å². The molecule has 0 radical (unpaired) electrons. The summed E-state index contributed by atoms with van der Waals surface area (Å²) in [5.41, 5.74) is 0.775. The van der Waals surface area contributed by atoms with Crippen molar-refractivity contribution in [2.45, 2.75) is 19.2 Å². The summed E-state index contributed by atoms with van der Waals surface area (Å²) in [5.74, 6) is 0.316. The van der Waals surface area contributed by atoms with Crippen LogP contribution in [-0.4, -0.2) is 26.0 Å². The van der Waals surface area contributed by atoms with Gasteiger partial charge in [0.2, 0.25) is 0 Å². The zero-order valence-electron chi connectivity index (χ0n) is 10.8. The van der Waals surface area contributed by atoms with Crippen LogP contribution in [0.15, 0.2) is 22.7 Å². The van der Waals surface area contributed by atoms with Crippen LogP contribution in [0.25, 0.3) is 0 Å². The molecule has 0 bridgehead atoms. The number of hydrogen-bond donors (Lipinski definition) is 2. The van der Waals surface area contributed by atoms with Gasteiger partial charge in [-0.05, 0) is 66.0 Å². The number of anilines is 1. The predicted octanol–water partition coefficient (Wildman–Crippen LogP) is 3.76. The molecule has 1 fully saturated rings. The minimum absolute atomic E-state index is 0.234. The second kappa shape index (κ2) is 6.67. The molecule has 1 aliphatic rings. The third-order valence-corrected chi connectivity index (χ3v) is 3.77. The van der Waals surface area contributed by atoms with E-state index in [1.807, 2.05) is 0 Å². The predicted molar refractivity (Wildman–Crippen MR) is 74.9 cm³/mol. The summed E-state index contributed by atoms with van der Waals surface area (Å²) in [6.45, 7) is 2.84. The summed E-state index contributed by atoms with van der Waals surface area (Å²) < 4.78 is 40.6. The van der Waals surface area contributed by atoms with Crippen molar-refractivity contribution in [3.8, 4) is 5.75 Å². The molecule has 2 N–H and O–H groups in total. The highest BCUT2D eigenvalue weighted by atomic mass is 79.9. The molecule has 1 saturated heterocycles. The van der Waals surface area contributed by atoms with E-state index >= 15 is 0 Å². The maximum atomic E-state index is 12.1. The van der Waals surface area contributed by atoms with Crippen molar-refractivity contribution in [1.29, 1.82) is 0 Å². The Labute approximate surface area is 124 Å². The van der Waals surface area contributed by atoms with Crippen molar-refractivity contribution in [2.75, 3.05) is 25.0 Å². The molecule has 1 heterocycles. The van der Waals surface area contributed by atoms with Crippen molar-refractivity contribution in [3.63, 3.8) is 0 Å². The fourth-order valence-corrected chi connectivity index (χ4v) is 2.64. The highest BCUT2D eigenvalue weighted by molar-refractivity contribution is 9.10. The standard InChI is InChI=1S/C13H16BrF3N2O/c14-11-6-10(3-4-12(11)20-13(15,16)17)19-8-9-2-1-5-18-7-9/h3-4,6,9,18-19H,1-2,5,7-8H2. The van der Waals surface area contributed by atoms with Gasteiger partial charge in [-0.1, -0.05) is 0 Å². The molecule has 0 aromatic heterocycles. The van der Waals surface area contributed by atoms with Crippen molar-refractivity contribution in [1.82, 2.24) is 5.32 Å². The number of alkyl halides is 3. The molecule has 0 saturated carbocycles. The van der Waals surface area contributed by atoms with Crippen LogP contribution < -0.4 is 15.4 Å². The van der Waals surface area contributed by atoms with Gasteiger partial charge in [0.15, 0.2) is 0 Å². The topological polar surface area (TPSA) is 33.3 Å². The molecule has 0 aliphatic carbocycles. The van der Waals surface area contributed by atoms with Crippen LogP contribution in [0.5, 0.6) is 5.75 Å². The molecule has 0 spiro atoms. The van der Waals surface area contributed by atoms with E-state index in [9.17, 15) is 13.2 Å². The highest BCUT2D eigenvalue weighted by Gasteiger charge is 2.31. The van der Waals surface area contributed by atoms with Gasteiger partial charge in [0, 0.05) is 12.2 Å². The minimum Gasteiger partial charge on any atom is -0.405 e. The summed E-state index contributed by atoms with van der Waals surface area (Å²) in [4.78, 5) is 0. The number of halogens is 4. The Hall–Kier alpha value is -0.950. The largest absolute Gasteiger partial charge is 0.573 e. The Morgan fingerprint density at radius 2 is 2.20 bits per heavy atom. The average molecular weight is 353 g/mol. The zero-order valence-corrected chi connectivity index (χ0v) is 12.4. The molecule has 1 unspecified atom stereocenters. The van der Waals surface area contributed by atoms with Crippen LogP contribution >= 0.6 is 15.9 Å². The van der Waals surface area contributed by atoms with Crippen LogP contribution in [-0.2, 0) is 0 Å². The normalized spacial score (nSPS) is 19.7. The fourth-order valence-electron chi connectivity index (χ4n) is 2.18. The first-order valence-corrected chi connectivity index (χ1v) is 7.23. The van der Waals surface area contributed by atoms with Gasteiger partial charge in [0.25, 0.3) is 0 Å². The van der Waals surface area contributed by atoms with E-state index in [4.69, 9.17) is 0 Å². The lowest BCUT2D eigenvalue weighted by Gasteiger charge is -2.23. The lowest BCUT2D eigenvalue weighted by Crippen LogP contribution is -2.33. The zero-order chi connectivity index (χ0) is 14.6. The molecule has 1 aromatic rings. The van der Waals surface area contributed by atoms with Crippen LogP contribution in [0.3, 0.4) is 0 Å². The summed E-state index contributed by atoms with van der Waals surface area (Å²) in [5, 5.41) is 6.56. The highest BCUT2D eigenvalue weighted by Crippen LogP contribution is 2.32. The number of benzene rings is 1. The molecule has 1 atom stereocenters. The van der Waals surface area contributed by atoms with Crippen molar-refractivity contribution < 1.29 is 17.9 Å². The summed E-state index contributed by atoms with van der Waals surface area (Å²) >= 11 is 3.09. The molecule has 0 amide bonds. The maximum Gasteiger partial charge on any atom is 0.573 e. The van der Waals surface area contributed by atoms with Gasteiger partial charge in [-0.3, -0.25) is 0 Å². The van der Waals surface area contributed by atoms with E-state index in [0.717, 1.165) is 38.2 Å². The van der Waals surface area contributed by atoms with E-state index in [0.29, 0.717) is 5.92 Å². The van der Waals surface area contributed by atoms with Gasteiger partial charge >= 0.3 is 6.36 Å². The maximum absolute atomic E-state index is 12.1. The van der Waals surface area contributed by atoms with Crippen LogP contribution in [0.4, 0.5) is 18.9 Å². The Bertz CT molecular complexity index is 448. The molecular weight excluding hydrogens is 337 g/mol. The van der Waals surface area contributed by atoms with Gasteiger partial charge in [0.05, 0.1) is 4.47 Å². The number of piperidine rings is 1. The van der Waals surface area contributed by atoms with E-state index in [-0.39, 0.29) is 10.2 Å². The second-order valence-electron chi connectivity index (χ2n) is 4.79. The van der Waals surface area contributed by atoms with Crippen LogP contribution in [0.2, 0.25) is 0 Å². The first kappa shape index (κ1) is 15.4. The SMILES string of the molecule is FC(F)(F)Oc1ccc(NCC2CCCNC2)cc1Br. The molecule has 1 aromatic carbocycles. The summed E-state index contributed by atoms with van der Waals surface area (Å²) in [7, 11) is 0. The van der Waals surface area contributed by atoms with Crippen molar-refractivity contribution in [2.24, 2.45) is 5.92 Å². The van der Waals surface area contributed by atoms with Crippen molar-refractivity contribution >= 4 is 21.6 Å². The van der Waals surface area contributed by atoms with E-state index in [1.165, 1.54) is 6.07 Å². The van der Waals surface area contributed by atoms with Crippen LogP contribution in [0, 0.1) is 5.92 Å². The Balaban J connectivity index is 1.91. The molecule has 7 heteroatoms. The lowest BCUT2D eigenvalue weighted by atomic mass is 10.00. The van der Waals surface area contributed by atoms with Gasteiger partial charge in [-0.2, -0.15) is 0 Å². The van der Waals surface area contributed by atoms with E-state index < -0.39 is 6.36 Å².